The van der Waals surface area contributed by atoms with Crippen molar-refractivity contribution >= 4 is 17.9 Å². The number of esters is 3. The third-order valence-corrected chi connectivity index (χ3v) is 13.0. The topological polar surface area (TPSA) is 78.9 Å². The molecule has 6 heteroatoms. The highest BCUT2D eigenvalue weighted by atomic mass is 16.6. The van der Waals surface area contributed by atoms with E-state index in [2.05, 4.69) is 45.1 Å². The third kappa shape index (κ3) is 52.7. The van der Waals surface area contributed by atoms with Crippen LogP contribution in [0.5, 0.6) is 0 Å². The number of carbonyl (C=O) groups is 3. The van der Waals surface area contributed by atoms with Crippen LogP contribution >= 0.6 is 0 Å². The molecule has 0 amide bonds. The van der Waals surface area contributed by atoms with Gasteiger partial charge in [-0.1, -0.05) is 276 Å². The van der Waals surface area contributed by atoms with Crippen LogP contribution in [0.15, 0.2) is 24.3 Å². The SMILES string of the molecule is CCCC/C=C/C/C=C/CCCCCCCC(=O)O[C@H](COC(=O)CCCCCCCCCCCCCCCC)COC(=O)CCCCCCCCCCCCCCCCCCCCC. The summed E-state index contributed by atoms with van der Waals surface area (Å²) in [7, 11) is 0. The maximum atomic E-state index is 12.8. The first kappa shape index (κ1) is 62.9. The van der Waals surface area contributed by atoms with Gasteiger partial charge < -0.3 is 14.2 Å². The molecule has 0 saturated carbocycles. The molecule has 0 saturated heterocycles. The van der Waals surface area contributed by atoms with Crippen molar-refractivity contribution in [2.75, 3.05) is 13.2 Å². The summed E-state index contributed by atoms with van der Waals surface area (Å²) in [6.45, 7) is 6.64. The molecule has 0 bridgehead atoms. The molecule has 0 fully saturated rings. The van der Waals surface area contributed by atoms with Crippen molar-refractivity contribution < 1.29 is 28.6 Å². The third-order valence-electron chi connectivity index (χ3n) is 13.0. The summed E-state index contributed by atoms with van der Waals surface area (Å²) in [5, 5.41) is 0. The van der Waals surface area contributed by atoms with E-state index < -0.39 is 6.10 Å². The number of allylic oxidation sites excluding steroid dienone is 4. The lowest BCUT2D eigenvalue weighted by atomic mass is 10.0. The van der Waals surface area contributed by atoms with Gasteiger partial charge in [0, 0.05) is 19.3 Å². The monoisotopic (exact) mass is 915 g/mol. The number of hydrogen-bond acceptors (Lipinski definition) is 6. The zero-order valence-corrected chi connectivity index (χ0v) is 43.8. The predicted octanol–water partition coefficient (Wildman–Crippen LogP) is 19.1. The highest BCUT2D eigenvalue weighted by Crippen LogP contribution is 2.17. The Morgan fingerprint density at radius 3 is 0.892 bits per heavy atom. The first-order valence-electron chi connectivity index (χ1n) is 28.8. The molecule has 0 aliphatic rings. The van der Waals surface area contributed by atoms with E-state index in [1.807, 2.05) is 0 Å². The average Bonchev–Trinajstić information content (AvgIpc) is 3.30. The molecular weight excluding hydrogens is 805 g/mol. The molecule has 0 radical (unpaired) electrons. The number of hydrogen-bond donors (Lipinski definition) is 0. The van der Waals surface area contributed by atoms with E-state index in [4.69, 9.17) is 14.2 Å². The van der Waals surface area contributed by atoms with Gasteiger partial charge in [-0.2, -0.15) is 0 Å². The Hall–Kier alpha value is -2.11. The summed E-state index contributed by atoms with van der Waals surface area (Å²) in [5.41, 5.74) is 0. The molecule has 0 spiro atoms. The highest BCUT2D eigenvalue weighted by Gasteiger charge is 2.19. The van der Waals surface area contributed by atoms with Crippen molar-refractivity contribution in [2.24, 2.45) is 0 Å². The molecule has 0 aromatic heterocycles. The molecule has 0 unspecified atom stereocenters. The lowest BCUT2D eigenvalue weighted by Crippen LogP contribution is -2.30. The Balaban J connectivity index is 4.30. The van der Waals surface area contributed by atoms with Gasteiger partial charge in [-0.3, -0.25) is 14.4 Å². The van der Waals surface area contributed by atoms with Crippen LogP contribution in [0.3, 0.4) is 0 Å². The predicted molar refractivity (Wildman–Crippen MR) is 279 cm³/mol. The number of unbranched alkanes of at least 4 members (excludes halogenated alkanes) is 38. The summed E-state index contributed by atoms with van der Waals surface area (Å²) in [5.74, 6) is -0.864. The average molecular weight is 916 g/mol. The van der Waals surface area contributed by atoms with Gasteiger partial charge in [-0.05, 0) is 44.9 Å². The van der Waals surface area contributed by atoms with Gasteiger partial charge in [0.05, 0.1) is 0 Å². The lowest BCUT2D eigenvalue weighted by Gasteiger charge is -2.18. The van der Waals surface area contributed by atoms with Crippen molar-refractivity contribution in [3.05, 3.63) is 24.3 Å². The van der Waals surface area contributed by atoms with Crippen molar-refractivity contribution in [3.8, 4) is 0 Å². The summed E-state index contributed by atoms with van der Waals surface area (Å²) in [6, 6.07) is 0. The van der Waals surface area contributed by atoms with Crippen molar-refractivity contribution in [3.63, 3.8) is 0 Å². The number of carbonyl (C=O) groups excluding carboxylic acids is 3. The van der Waals surface area contributed by atoms with Crippen molar-refractivity contribution in [1.82, 2.24) is 0 Å². The van der Waals surface area contributed by atoms with Crippen molar-refractivity contribution in [2.45, 2.75) is 322 Å². The molecule has 65 heavy (non-hydrogen) atoms. The molecule has 0 aliphatic heterocycles. The van der Waals surface area contributed by atoms with E-state index in [0.29, 0.717) is 19.3 Å². The Kier molecular flexibility index (Phi) is 52.7. The van der Waals surface area contributed by atoms with Crippen LogP contribution in [-0.2, 0) is 28.6 Å². The lowest BCUT2D eigenvalue weighted by molar-refractivity contribution is -0.167. The molecule has 0 aromatic rings. The molecule has 0 aliphatic carbocycles. The molecule has 0 heterocycles. The maximum absolute atomic E-state index is 12.8. The zero-order chi connectivity index (χ0) is 47.2. The van der Waals surface area contributed by atoms with Crippen LogP contribution in [-0.4, -0.2) is 37.2 Å². The fraction of sp³-hybridized carbons (Fsp3) is 0.881. The van der Waals surface area contributed by atoms with Crippen LogP contribution in [0.2, 0.25) is 0 Å². The van der Waals surface area contributed by atoms with Gasteiger partial charge >= 0.3 is 17.9 Å². The van der Waals surface area contributed by atoms with E-state index in [9.17, 15) is 14.4 Å². The molecule has 0 aromatic carbocycles. The van der Waals surface area contributed by atoms with E-state index in [1.54, 1.807) is 0 Å². The largest absolute Gasteiger partial charge is 0.462 e. The Labute approximate surface area is 404 Å². The molecule has 382 valence electrons. The fourth-order valence-corrected chi connectivity index (χ4v) is 8.58. The minimum Gasteiger partial charge on any atom is -0.462 e. The van der Waals surface area contributed by atoms with Gasteiger partial charge in [-0.15, -0.1) is 0 Å². The minimum atomic E-state index is -0.773. The smallest absolute Gasteiger partial charge is 0.306 e. The summed E-state index contributed by atoms with van der Waals surface area (Å²) in [4.78, 5) is 38.1. The highest BCUT2D eigenvalue weighted by molar-refractivity contribution is 5.71. The number of ether oxygens (including phenoxy) is 3. The van der Waals surface area contributed by atoms with E-state index >= 15 is 0 Å². The Morgan fingerprint density at radius 1 is 0.308 bits per heavy atom. The zero-order valence-electron chi connectivity index (χ0n) is 43.8. The standard InChI is InChI=1S/C59H110O6/c1-4-7-10-13-16-19-22-25-28-29-30-31-32-35-37-40-43-46-49-52-58(61)64-55-56(65-59(62)53-50-47-44-41-38-34-27-24-21-18-15-12-9-6-3)54-63-57(60)51-48-45-42-39-36-33-26-23-20-17-14-11-8-5-2/h15,18,24,27,56H,4-14,16-17,19-23,25-26,28-55H2,1-3H3/b18-15+,27-24+/t56-/m1/s1. The fourth-order valence-electron chi connectivity index (χ4n) is 8.58. The molecule has 1 atom stereocenters. The Morgan fingerprint density at radius 2 is 0.569 bits per heavy atom. The summed E-state index contributed by atoms with van der Waals surface area (Å²) in [6.07, 6.45) is 63.1. The van der Waals surface area contributed by atoms with Gasteiger partial charge in [0.25, 0.3) is 0 Å². The van der Waals surface area contributed by atoms with E-state index in [0.717, 1.165) is 83.5 Å². The van der Waals surface area contributed by atoms with Gasteiger partial charge in [0.1, 0.15) is 13.2 Å². The van der Waals surface area contributed by atoms with Crippen molar-refractivity contribution in [1.29, 1.82) is 0 Å². The molecule has 6 nitrogen and oxygen atoms in total. The van der Waals surface area contributed by atoms with Gasteiger partial charge in [-0.25, -0.2) is 0 Å². The number of rotatable bonds is 53. The Bertz CT molecular complexity index is 1050. The first-order valence-corrected chi connectivity index (χ1v) is 28.8. The second-order valence-electron chi connectivity index (χ2n) is 19.6. The molecule has 0 rings (SSSR count). The molecular formula is C59H110O6. The quantitative estimate of drug-likeness (QED) is 0.0262. The van der Waals surface area contributed by atoms with E-state index in [1.165, 1.54) is 193 Å². The first-order chi connectivity index (χ1) is 32.0. The van der Waals surface area contributed by atoms with Gasteiger partial charge in [0.15, 0.2) is 6.10 Å². The van der Waals surface area contributed by atoms with Gasteiger partial charge in [0.2, 0.25) is 0 Å². The van der Waals surface area contributed by atoms with Crippen LogP contribution < -0.4 is 0 Å². The van der Waals surface area contributed by atoms with Crippen LogP contribution in [0.1, 0.15) is 316 Å². The summed E-state index contributed by atoms with van der Waals surface area (Å²) >= 11 is 0. The summed E-state index contributed by atoms with van der Waals surface area (Å²) < 4.78 is 16.9. The van der Waals surface area contributed by atoms with Crippen LogP contribution in [0, 0.1) is 0 Å². The normalized spacial score (nSPS) is 12.1. The minimum absolute atomic E-state index is 0.0715. The molecule has 0 N–H and O–H groups in total. The van der Waals surface area contributed by atoms with Crippen LogP contribution in [0.4, 0.5) is 0 Å². The maximum Gasteiger partial charge on any atom is 0.306 e. The van der Waals surface area contributed by atoms with Crippen LogP contribution in [0.25, 0.3) is 0 Å². The second kappa shape index (κ2) is 54.5. The van der Waals surface area contributed by atoms with E-state index in [-0.39, 0.29) is 31.1 Å². The second-order valence-corrected chi connectivity index (χ2v) is 19.6.